The molecule has 4 atom stereocenters. The second-order valence-corrected chi connectivity index (χ2v) is 9.93. The Balaban J connectivity index is 1.86. The summed E-state index contributed by atoms with van der Waals surface area (Å²) in [6, 6.07) is 0. The number of allylic oxidation sites excluding steroid dienone is 6. The molecule has 0 aromatic carbocycles. The lowest BCUT2D eigenvalue weighted by Crippen LogP contribution is -2.32. The van der Waals surface area contributed by atoms with Crippen LogP contribution in [0.2, 0.25) is 0 Å². The van der Waals surface area contributed by atoms with Crippen molar-refractivity contribution in [1.29, 1.82) is 0 Å². The van der Waals surface area contributed by atoms with Gasteiger partial charge in [-0.3, -0.25) is 0 Å². The molecule has 0 aromatic rings. The maximum atomic E-state index is 10.0. The van der Waals surface area contributed by atoms with Gasteiger partial charge in [0.1, 0.15) is 0 Å². The second-order valence-electron chi connectivity index (χ2n) is 9.93. The summed E-state index contributed by atoms with van der Waals surface area (Å²) in [7, 11) is 0. The van der Waals surface area contributed by atoms with Crippen LogP contribution in [0, 0.1) is 23.2 Å². The molecular weight excluding hydrogens is 340 g/mol. The Labute approximate surface area is 177 Å². The maximum Gasteiger partial charge on any atom is 0.0583 e. The fourth-order valence-corrected chi connectivity index (χ4v) is 5.58. The smallest absolute Gasteiger partial charge is 0.0583 e. The quantitative estimate of drug-likeness (QED) is 0.468. The third-order valence-electron chi connectivity index (χ3n) is 7.30. The third kappa shape index (κ3) is 4.73. The van der Waals surface area contributed by atoms with Crippen LogP contribution in [0.25, 0.3) is 0 Å². The van der Waals surface area contributed by atoms with E-state index in [0.717, 1.165) is 62.5 Å². The van der Waals surface area contributed by atoms with Gasteiger partial charge in [0.2, 0.25) is 0 Å². The molecule has 3 aliphatic carbocycles. The highest BCUT2D eigenvalue weighted by atomic mass is 16.3. The van der Waals surface area contributed by atoms with Crippen LogP contribution in [0.3, 0.4) is 0 Å². The van der Waals surface area contributed by atoms with Gasteiger partial charge >= 0.3 is 0 Å². The second kappa shape index (κ2) is 9.16. The van der Waals surface area contributed by atoms with E-state index in [9.17, 15) is 5.11 Å². The number of rotatable bonds is 6. The predicted octanol–water partition coefficient (Wildman–Crippen LogP) is 7.54. The number of aliphatic hydroxyl groups is 1. The predicted molar refractivity (Wildman–Crippen MR) is 121 cm³/mol. The lowest BCUT2D eigenvalue weighted by Gasteiger charge is -2.42. The van der Waals surface area contributed by atoms with Crippen LogP contribution in [-0.2, 0) is 0 Å². The molecule has 0 radical (unpaired) electrons. The van der Waals surface area contributed by atoms with Crippen LogP contribution in [0.5, 0.6) is 0 Å². The molecule has 0 amide bonds. The Bertz CT molecular complexity index is 755. The van der Waals surface area contributed by atoms with Gasteiger partial charge in [0.05, 0.1) is 6.10 Å². The fourth-order valence-electron chi connectivity index (χ4n) is 5.58. The van der Waals surface area contributed by atoms with Gasteiger partial charge in [-0.1, -0.05) is 82.0 Å². The number of aliphatic hydroxyl groups excluding tert-OH is 1. The average molecular weight is 386 g/mol. The standard InChI is InChI=1S/C27H42O/c1-19(2)8-6-9-21(4)25-15-16-26-22(10-7-17-27(25,26)5)12-13-23-18-24(28)14-11-20(23)3/h12-13,15,19,21,24,26,28H,3,6-11,14,16-18H2,1-2,4-5H3/b22-12+,23-13-/t21-,24-,26-,27+/m0/s1/i5D3. The van der Waals surface area contributed by atoms with E-state index in [1.54, 1.807) is 0 Å². The van der Waals surface area contributed by atoms with E-state index in [1.807, 2.05) is 0 Å². The molecule has 3 rings (SSSR count). The third-order valence-corrected chi connectivity index (χ3v) is 7.30. The van der Waals surface area contributed by atoms with Gasteiger partial charge < -0.3 is 5.11 Å². The molecule has 156 valence electrons. The van der Waals surface area contributed by atoms with E-state index < -0.39 is 12.3 Å². The van der Waals surface area contributed by atoms with Crippen molar-refractivity contribution < 1.29 is 9.22 Å². The average Bonchev–Trinajstić information content (AvgIpc) is 3.10. The molecule has 0 bridgehead atoms. The first-order chi connectivity index (χ1) is 14.6. The molecule has 28 heavy (non-hydrogen) atoms. The first-order valence-corrected chi connectivity index (χ1v) is 11.5. The SMILES string of the molecule is [2H]C([2H])([2H])[C@]12CCC/C(=C\C=C3\C[C@@H](O)CCC3=C)[C@@H]1CC=C2[C@@H](C)CCCC(C)C. The van der Waals surface area contributed by atoms with Gasteiger partial charge in [-0.25, -0.2) is 0 Å². The number of hydrogen-bond acceptors (Lipinski definition) is 1. The zero-order valence-corrected chi connectivity index (χ0v) is 18.3. The Kier molecular flexibility index (Phi) is 5.81. The van der Waals surface area contributed by atoms with E-state index in [-0.39, 0.29) is 12.0 Å². The molecule has 0 aromatic heterocycles. The summed E-state index contributed by atoms with van der Waals surface area (Å²) in [5.41, 5.74) is 4.03. The van der Waals surface area contributed by atoms with Gasteiger partial charge in [-0.15, -0.1) is 0 Å². The van der Waals surface area contributed by atoms with Crippen molar-refractivity contribution >= 4 is 0 Å². The zero-order chi connectivity index (χ0) is 22.8. The van der Waals surface area contributed by atoms with E-state index >= 15 is 0 Å². The first kappa shape index (κ1) is 17.8. The summed E-state index contributed by atoms with van der Waals surface area (Å²) in [5, 5.41) is 10.0. The van der Waals surface area contributed by atoms with Gasteiger partial charge in [0.15, 0.2) is 0 Å². The molecule has 1 heteroatoms. The molecule has 0 unspecified atom stereocenters. The summed E-state index contributed by atoms with van der Waals surface area (Å²) in [5.74, 6) is 1.10. The van der Waals surface area contributed by atoms with Crippen LogP contribution in [0.4, 0.5) is 0 Å². The molecule has 0 saturated heterocycles. The van der Waals surface area contributed by atoms with E-state index in [4.69, 9.17) is 4.11 Å². The molecule has 0 spiro atoms. The molecule has 0 heterocycles. The van der Waals surface area contributed by atoms with Crippen molar-refractivity contribution in [3.8, 4) is 0 Å². The zero-order valence-electron chi connectivity index (χ0n) is 21.3. The Hall–Kier alpha value is -1.08. The summed E-state index contributed by atoms with van der Waals surface area (Å²) < 4.78 is 25.8. The van der Waals surface area contributed by atoms with Crippen molar-refractivity contribution in [1.82, 2.24) is 0 Å². The molecule has 1 nitrogen and oxygen atoms in total. The summed E-state index contributed by atoms with van der Waals surface area (Å²) in [4.78, 5) is 0. The van der Waals surface area contributed by atoms with Crippen molar-refractivity contribution in [2.45, 2.75) is 97.9 Å². The Morgan fingerprint density at radius 1 is 1.29 bits per heavy atom. The number of hydrogen-bond donors (Lipinski definition) is 1. The van der Waals surface area contributed by atoms with Crippen LogP contribution in [-0.4, -0.2) is 11.2 Å². The molecule has 1 N–H and O–H groups in total. The van der Waals surface area contributed by atoms with Crippen LogP contribution >= 0.6 is 0 Å². The highest BCUT2D eigenvalue weighted by molar-refractivity contribution is 5.38. The largest absolute Gasteiger partial charge is 0.393 e. The van der Waals surface area contributed by atoms with Crippen LogP contribution in [0.15, 0.2) is 47.1 Å². The minimum Gasteiger partial charge on any atom is -0.393 e. The maximum absolute atomic E-state index is 10.0. The molecule has 0 aliphatic heterocycles. The van der Waals surface area contributed by atoms with Crippen LogP contribution < -0.4 is 0 Å². The van der Waals surface area contributed by atoms with Gasteiger partial charge in [0, 0.05) is 4.11 Å². The monoisotopic (exact) mass is 385 g/mol. The van der Waals surface area contributed by atoms with Gasteiger partial charge in [-0.05, 0) is 80.1 Å². The van der Waals surface area contributed by atoms with E-state index in [0.29, 0.717) is 18.3 Å². The van der Waals surface area contributed by atoms with E-state index in [1.165, 1.54) is 17.6 Å². The number of fused-ring (bicyclic) bond motifs is 1. The lowest BCUT2D eigenvalue weighted by molar-refractivity contribution is 0.158. The highest BCUT2D eigenvalue weighted by Crippen LogP contribution is 2.57. The van der Waals surface area contributed by atoms with Crippen molar-refractivity contribution in [2.24, 2.45) is 23.2 Å². The summed E-state index contributed by atoms with van der Waals surface area (Å²) in [6.45, 7) is 8.96. The fraction of sp³-hybridized carbons (Fsp3) is 0.704. The Morgan fingerprint density at radius 2 is 2.11 bits per heavy atom. The van der Waals surface area contributed by atoms with Gasteiger partial charge in [0.25, 0.3) is 0 Å². The summed E-state index contributed by atoms with van der Waals surface area (Å²) >= 11 is 0. The van der Waals surface area contributed by atoms with Crippen molar-refractivity contribution in [2.75, 3.05) is 0 Å². The molecule has 2 fully saturated rings. The highest BCUT2D eigenvalue weighted by Gasteiger charge is 2.45. The van der Waals surface area contributed by atoms with Crippen molar-refractivity contribution in [3.63, 3.8) is 0 Å². The van der Waals surface area contributed by atoms with E-state index in [2.05, 4.69) is 45.6 Å². The minimum absolute atomic E-state index is 0.0786. The molecule has 2 saturated carbocycles. The minimum atomic E-state index is -1.98. The molecule has 3 aliphatic rings. The topological polar surface area (TPSA) is 20.2 Å². The molecular formula is C27H42O. The Morgan fingerprint density at radius 3 is 2.86 bits per heavy atom. The normalized spacial score (nSPS) is 36.8. The van der Waals surface area contributed by atoms with Crippen molar-refractivity contribution in [3.05, 3.63) is 47.1 Å². The first-order valence-electron chi connectivity index (χ1n) is 13.0. The van der Waals surface area contributed by atoms with Gasteiger partial charge in [-0.2, -0.15) is 0 Å². The van der Waals surface area contributed by atoms with Crippen LogP contribution in [0.1, 0.15) is 95.9 Å². The lowest BCUT2D eigenvalue weighted by atomic mass is 9.62. The summed E-state index contributed by atoms with van der Waals surface area (Å²) in [6.07, 6.45) is 15.6.